The fourth-order valence-electron chi connectivity index (χ4n) is 2.96. The van der Waals surface area contributed by atoms with Crippen molar-refractivity contribution in [3.63, 3.8) is 0 Å². The number of rotatable bonds is 8. The number of aliphatic hydroxyl groups is 1. The average Bonchev–Trinajstić information content (AvgIpc) is 3.07. The number of halogens is 2. The minimum atomic E-state index is -0.683. The molecule has 1 aliphatic rings. The largest absolute Gasteiger partial charge is 0.386 e. The van der Waals surface area contributed by atoms with Gasteiger partial charge in [-0.1, -0.05) is 30.9 Å². The van der Waals surface area contributed by atoms with Gasteiger partial charge in [-0.15, -0.1) is 35.3 Å². The van der Waals surface area contributed by atoms with Gasteiger partial charge in [-0.25, -0.2) is 0 Å². The summed E-state index contributed by atoms with van der Waals surface area (Å²) < 4.78 is 0.650. The second kappa shape index (κ2) is 13.6. The topological polar surface area (TPSA) is 85.8 Å². The predicted octanol–water partition coefficient (Wildman–Crippen LogP) is 3.45. The number of nitrogens with zero attached hydrogens (tertiary/aromatic N) is 1. The molecule has 0 spiro atoms. The molecule has 1 aliphatic carbocycles. The minimum absolute atomic E-state index is 0. The van der Waals surface area contributed by atoms with Crippen LogP contribution in [0.2, 0.25) is 4.34 Å². The fourth-order valence-corrected chi connectivity index (χ4v) is 4.00. The fraction of sp³-hybridized carbons (Fsp3) is 0.667. The van der Waals surface area contributed by atoms with Crippen molar-refractivity contribution >= 4 is 58.8 Å². The Morgan fingerprint density at radius 3 is 2.70 bits per heavy atom. The van der Waals surface area contributed by atoms with Gasteiger partial charge in [0.1, 0.15) is 6.10 Å². The Labute approximate surface area is 187 Å². The maximum absolute atomic E-state index is 12.0. The van der Waals surface area contributed by atoms with E-state index in [1.807, 2.05) is 13.0 Å². The number of guanidine groups is 1. The van der Waals surface area contributed by atoms with Crippen LogP contribution < -0.4 is 16.0 Å². The molecule has 6 nitrogen and oxygen atoms in total. The molecular weight excluding hydrogens is 499 g/mol. The lowest BCUT2D eigenvalue weighted by Gasteiger charge is -2.22. The lowest BCUT2D eigenvalue weighted by atomic mass is 9.95. The number of carbonyl (C=O) groups is 1. The van der Waals surface area contributed by atoms with Gasteiger partial charge in [0.05, 0.1) is 10.9 Å². The molecule has 1 heterocycles. The van der Waals surface area contributed by atoms with Crippen LogP contribution in [0.25, 0.3) is 0 Å². The summed E-state index contributed by atoms with van der Waals surface area (Å²) in [4.78, 5) is 17.2. The highest BCUT2D eigenvalue weighted by Crippen LogP contribution is 2.26. The number of hydrogen-bond donors (Lipinski definition) is 4. The molecule has 0 saturated heterocycles. The summed E-state index contributed by atoms with van der Waals surface area (Å²) in [5.74, 6) is 0.674. The normalized spacial score (nSPS) is 16.3. The molecule has 27 heavy (non-hydrogen) atoms. The quantitative estimate of drug-likeness (QED) is 0.237. The second-order valence-electron chi connectivity index (χ2n) is 6.46. The minimum Gasteiger partial charge on any atom is -0.386 e. The molecule has 1 fully saturated rings. The van der Waals surface area contributed by atoms with Gasteiger partial charge in [0, 0.05) is 30.4 Å². The standard InChI is InChI=1S/C18H29ClN4O2S.HI/c1-2-20-18(22-12-14(24)15-8-9-16(19)26-15)21-11-10-17(25)23-13-6-4-3-5-7-13;/h8-9,13-14,24H,2-7,10-12H2,1H3,(H,23,25)(H2,20,21,22);1H. The Morgan fingerprint density at radius 2 is 2.07 bits per heavy atom. The van der Waals surface area contributed by atoms with E-state index in [0.29, 0.717) is 35.8 Å². The molecule has 1 unspecified atom stereocenters. The zero-order valence-corrected chi connectivity index (χ0v) is 19.6. The van der Waals surface area contributed by atoms with Crippen LogP contribution in [0.5, 0.6) is 0 Å². The smallest absolute Gasteiger partial charge is 0.221 e. The number of carbonyl (C=O) groups excluding carboxylic acids is 1. The summed E-state index contributed by atoms with van der Waals surface area (Å²) in [6.45, 7) is 3.43. The molecule has 0 aliphatic heterocycles. The van der Waals surface area contributed by atoms with E-state index in [0.717, 1.165) is 17.7 Å². The van der Waals surface area contributed by atoms with Crippen LogP contribution in [0.4, 0.5) is 0 Å². The van der Waals surface area contributed by atoms with E-state index in [2.05, 4.69) is 20.9 Å². The van der Waals surface area contributed by atoms with E-state index in [4.69, 9.17) is 11.6 Å². The van der Waals surface area contributed by atoms with Gasteiger partial charge in [-0.05, 0) is 31.9 Å². The van der Waals surface area contributed by atoms with E-state index in [9.17, 15) is 9.90 Å². The third-order valence-electron chi connectivity index (χ3n) is 4.30. The van der Waals surface area contributed by atoms with Crippen molar-refractivity contribution in [3.8, 4) is 0 Å². The molecular formula is C18H30ClIN4O2S. The first kappa shape index (κ1) is 24.5. The van der Waals surface area contributed by atoms with Crippen LogP contribution >= 0.6 is 46.9 Å². The summed E-state index contributed by atoms with van der Waals surface area (Å²) in [5.41, 5.74) is 0. The van der Waals surface area contributed by atoms with Gasteiger partial charge in [0.25, 0.3) is 0 Å². The summed E-state index contributed by atoms with van der Waals surface area (Å²) in [6, 6.07) is 3.91. The number of aliphatic hydroxyl groups excluding tert-OH is 1. The van der Waals surface area contributed by atoms with Crippen molar-refractivity contribution in [2.45, 2.75) is 57.6 Å². The zero-order valence-electron chi connectivity index (χ0n) is 15.7. The zero-order chi connectivity index (χ0) is 18.8. The number of aliphatic imine (C=N–C) groups is 1. The molecule has 2 rings (SSSR count). The summed E-state index contributed by atoms with van der Waals surface area (Å²) in [6.07, 6.45) is 5.60. The third kappa shape index (κ3) is 9.45. The Bertz CT molecular complexity index is 594. The number of thiophene rings is 1. The highest BCUT2D eigenvalue weighted by atomic mass is 127. The van der Waals surface area contributed by atoms with E-state index in [1.54, 1.807) is 6.07 Å². The predicted molar refractivity (Wildman–Crippen MR) is 123 cm³/mol. The van der Waals surface area contributed by atoms with Gasteiger partial charge in [-0.2, -0.15) is 0 Å². The molecule has 1 saturated carbocycles. The van der Waals surface area contributed by atoms with Gasteiger partial charge >= 0.3 is 0 Å². The van der Waals surface area contributed by atoms with E-state index >= 15 is 0 Å². The van der Waals surface area contributed by atoms with Crippen LogP contribution in [0, 0.1) is 0 Å². The highest BCUT2D eigenvalue weighted by molar-refractivity contribution is 14.0. The van der Waals surface area contributed by atoms with Crippen LogP contribution in [-0.2, 0) is 4.79 Å². The van der Waals surface area contributed by atoms with Crippen molar-refractivity contribution < 1.29 is 9.90 Å². The summed E-state index contributed by atoms with van der Waals surface area (Å²) in [5, 5.41) is 19.5. The number of hydrogen-bond acceptors (Lipinski definition) is 4. The van der Waals surface area contributed by atoms with E-state index in [-0.39, 0.29) is 36.4 Å². The van der Waals surface area contributed by atoms with Gasteiger partial charge in [0.15, 0.2) is 5.96 Å². The Balaban J connectivity index is 0.00000364. The molecule has 1 aromatic heterocycles. The van der Waals surface area contributed by atoms with Gasteiger partial charge in [0.2, 0.25) is 5.91 Å². The molecule has 154 valence electrons. The van der Waals surface area contributed by atoms with Gasteiger partial charge in [-0.3, -0.25) is 9.79 Å². The molecule has 0 bridgehead atoms. The maximum atomic E-state index is 12.0. The Kier molecular flexibility index (Phi) is 12.3. The van der Waals surface area contributed by atoms with Crippen LogP contribution in [0.1, 0.15) is 56.4 Å². The van der Waals surface area contributed by atoms with Crippen LogP contribution in [-0.4, -0.2) is 42.6 Å². The Morgan fingerprint density at radius 1 is 1.33 bits per heavy atom. The van der Waals surface area contributed by atoms with Crippen LogP contribution in [0.3, 0.4) is 0 Å². The first-order valence-electron chi connectivity index (χ1n) is 9.33. The van der Waals surface area contributed by atoms with Crippen molar-refractivity contribution in [1.82, 2.24) is 16.0 Å². The molecule has 1 amide bonds. The monoisotopic (exact) mass is 528 g/mol. The van der Waals surface area contributed by atoms with Crippen molar-refractivity contribution in [2.75, 3.05) is 19.6 Å². The van der Waals surface area contributed by atoms with E-state index in [1.165, 1.54) is 30.6 Å². The maximum Gasteiger partial charge on any atom is 0.221 e. The lowest BCUT2D eigenvalue weighted by Crippen LogP contribution is -2.41. The molecule has 1 atom stereocenters. The lowest BCUT2D eigenvalue weighted by molar-refractivity contribution is -0.121. The first-order chi connectivity index (χ1) is 12.6. The first-order valence-corrected chi connectivity index (χ1v) is 10.5. The second-order valence-corrected chi connectivity index (χ2v) is 8.20. The van der Waals surface area contributed by atoms with Crippen molar-refractivity contribution in [3.05, 3.63) is 21.3 Å². The number of nitrogens with one attached hydrogen (secondary N) is 3. The van der Waals surface area contributed by atoms with Crippen molar-refractivity contribution in [2.24, 2.45) is 4.99 Å². The molecule has 1 aromatic rings. The SMILES string of the molecule is CCNC(=NCC(O)c1ccc(Cl)s1)NCCC(=O)NC1CCCCC1.I. The highest BCUT2D eigenvalue weighted by Gasteiger charge is 2.15. The van der Waals surface area contributed by atoms with Gasteiger partial charge < -0.3 is 21.1 Å². The van der Waals surface area contributed by atoms with Crippen molar-refractivity contribution in [1.29, 1.82) is 0 Å². The average molecular weight is 529 g/mol. The van der Waals surface area contributed by atoms with Crippen LogP contribution in [0.15, 0.2) is 17.1 Å². The molecule has 0 aromatic carbocycles. The number of amides is 1. The summed E-state index contributed by atoms with van der Waals surface area (Å²) in [7, 11) is 0. The summed E-state index contributed by atoms with van der Waals surface area (Å²) >= 11 is 7.25. The third-order valence-corrected chi connectivity index (χ3v) is 5.64. The molecule has 0 radical (unpaired) electrons. The Hall–Kier alpha value is -0.580. The van der Waals surface area contributed by atoms with E-state index < -0.39 is 6.10 Å². The molecule has 4 N–H and O–H groups in total. The molecule has 9 heteroatoms.